The number of nitrogens with zero attached hydrogens (tertiary/aromatic N) is 1. The molecule has 27 heavy (non-hydrogen) atoms. The number of hydrogen-bond acceptors (Lipinski definition) is 2. The van der Waals surface area contributed by atoms with Gasteiger partial charge in [-0.25, -0.2) is 0 Å². The van der Waals surface area contributed by atoms with E-state index in [0.717, 1.165) is 35.6 Å². The molecule has 0 aromatic carbocycles. The molecule has 1 heterocycles. The zero-order valence-corrected chi connectivity index (χ0v) is 18.3. The monoisotopic (exact) mass is 372 g/mol. The molecule has 1 aliphatic heterocycles. The fraction of sp³-hybridized carbons (Fsp3) is 1.00. The minimum absolute atomic E-state index is 0.666. The summed E-state index contributed by atoms with van der Waals surface area (Å²) in [6.45, 7) is 12.9. The highest BCUT2D eigenvalue weighted by Gasteiger charge is 2.59. The molecule has 0 aromatic rings. The first-order valence-electron chi connectivity index (χ1n) is 12.5. The van der Waals surface area contributed by atoms with Gasteiger partial charge in [0.05, 0.1) is 0 Å². The lowest BCUT2D eigenvalue weighted by atomic mass is 9.44. The Morgan fingerprint density at radius 2 is 1.59 bits per heavy atom. The van der Waals surface area contributed by atoms with Crippen LogP contribution in [0.1, 0.15) is 85.0 Å². The van der Waals surface area contributed by atoms with Crippen LogP contribution in [0.15, 0.2) is 0 Å². The molecular weight excluding hydrogens is 328 g/mol. The topological polar surface area (TPSA) is 15.3 Å². The molecule has 0 amide bonds. The average molecular weight is 373 g/mol. The minimum Gasteiger partial charge on any atom is -0.314 e. The normalized spacial score (nSPS) is 53.4. The van der Waals surface area contributed by atoms with Crippen LogP contribution in [0.5, 0.6) is 0 Å². The molecule has 0 radical (unpaired) electrons. The van der Waals surface area contributed by atoms with Crippen LogP contribution in [-0.4, -0.2) is 37.1 Å². The van der Waals surface area contributed by atoms with Gasteiger partial charge in [0.15, 0.2) is 0 Å². The first-order chi connectivity index (χ1) is 13.1. The standard InChI is InChI=1S/C25H44N2/c1-4-18-6-8-22-21-7-5-19-17-20(27-15-13-26-14-16-27)9-11-25(19,3)23(21)10-12-24(18,22)2/h18-23,26H,4-17H2,1-3H3/t18-,19?,20?,21-,22-,23-,24+,25-/m0/s1. The van der Waals surface area contributed by atoms with Gasteiger partial charge in [-0.3, -0.25) is 4.90 Å². The molecule has 1 N–H and O–H groups in total. The molecule has 5 aliphatic rings. The molecule has 8 atom stereocenters. The summed E-state index contributed by atoms with van der Waals surface area (Å²) in [5.74, 6) is 5.22. The Labute approximate surface area is 168 Å². The highest BCUT2D eigenvalue weighted by atomic mass is 15.2. The summed E-state index contributed by atoms with van der Waals surface area (Å²) in [6, 6.07) is 0.895. The van der Waals surface area contributed by atoms with Crippen LogP contribution in [0.4, 0.5) is 0 Å². The van der Waals surface area contributed by atoms with Crippen LogP contribution in [-0.2, 0) is 0 Å². The van der Waals surface area contributed by atoms with Gasteiger partial charge in [-0.05, 0) is 98.2 Å². The molecule has 1 saturated heterocycles. The van der Waals surface area contributed by atoms with Crippen LogP contribution < -0.4 is 5.32 Å². The van der Waals surface area contributed by atoms with E-state index >= 15 is 0 Å². The maximum absolute atomic E-state index is 3.55. The molecule has 2 heteroatoms. The van der Waals surface area contributed by atoms with Crippen molar-refractivity contribution in [3.8, 4) is 0 Å². The zero-order chi connectivity index (χ0) is 18.6. The quantitative estimate of drug-likeness (QED) is 0.705. The van der Waals surface area contributed by atoms with Crippen LogP contribution in [0.25, 0.3) is 0 Å². The van der Waals surface area contributed by atoms with Crippen molar-refractivity contribution in [1.82, 2.24) is 10.2 Å². The van der Waals surface area contributed by atoms with E-state index < -0.39 is 0 Å². The van der Waals surface area contributed by atoms with E-state index in [0.29, 0.717) is 10.8 Å². The van der Waals surface area contributed by atoms with Crippen molar-refractivity contribution >= 4 is 0 Å². The summed E-state index contributed by atoms with van der Waals surface area (Å²) in [7, 11) is 0. The van der Waals surface area contributed by atoms with Crippen LogP contribution in [0, 0.1) is 40.4 Å². The first-order valence-corrected chi connectivity index (χ1v) is 12.5. The fourth-order valence-electron chi connectivity index (χ4n) is 9.39. The van der Waals surface area contributed by atoms with Crippen molar-refractivity contribution in [2.45, 2.75) is 91.0 Å². The lowest BCUT2D eigenvalue weighted by molar-refractivity contribution is -0.121. The molecule has 154 valence electrons. The molecule has 5 rings (SSSR count). The van der Waals surface area contributed by atoms with E-state index in [4.69, 9.17) is 0 Å². The van der Waals surface area contributed by atoms with Gasteiger partial charge in [0.25, 0.3) is 0 Å². The third-order valence-electron chi connectivity index (χ3n) is 11.0. The van der Waals surface area contributed by atoms with Gasteiger partial charge >= 0.3 is 0 Å². The predicted octanol–water partition coefficient (Wildman–Crippen LogP) is 5.33. The van der Waals surface area contributed by atoms with Gasteiger partial charge in [0, 0.05) is 32.2 Å². The Kier molecular flexibility index (Phi) is 4.91. The summed E-state index contributed by atoms with van der Waals surface area (Å²) < 4.78 is 0. The molecule has 4 saturated carbocycles. The Bertz CT molecular complexity index is 540. The van der Waals surface area contributed by atoms with Crippen LogP contribution in [0.2, 0.25) is 0 Å². The first kappa shape index (κ1) is 18.9. The van der Waals surface area contributed by atoms with Crippen molar-refractivity contribution in [1.29, 1.82) is 0 Å². The van der Waals surface area contributed by atoms with E-state index in [1.165, 1.54) is 58.3 Å². The number of piperazine rings is 1. The van der Waals surface area contributed by atoms with Gasteiger partial charge in [-0.2, -0.15) is 0 Å². The van der Waals surface area contributed by atoms with Gasteiger partial charge in [-0.15, -0.1) is 0 Å². The van der Waals surface area contributed by atoms with E-state index in [2.05, 4.69) is 31.0 Å². The second-order valence-electron chi connectivity index (χ2n) is 11.6. The van der Waals surface area contributed by atoms with E-state index in [-0.39, 0.29) is 0 Å². The molecule has 2 unspecified atom stereocenters. The van der Waals surface area contributed by atoms with E-state index in [1.54, 1.807) is 32.1 Å². The average Bonchev–Trinajstić information content (AvgIpc) is 3.04. The summed E-state index contributed by atoms with van der Waals surface area (Å²) >= 11 is 0. The Balaban J connectivity index is 1.32. The third kappa shape index (κ3) is 2.87. The van der Waals surface area contributed by atoms with Crippen molar-refractivity contribution in [3.63, 3.8) is 0 Å². The van der Waals surface area contributed by atoms with Crippen molar-refractivity contribution in [2.75, 3.05) is 26.2 Å². The third-order valence-corrected chi connectivity index (χ3v) is 11.0. The SMILES string of the molecule is CC[C@H]1CC[C@H]2[C@@H]3CCC4CC(N5CCNCC5)CC[C@]4(C)[C@H]3CC[C@]12C. The highest BCUT2D eigenvalue weighted by molar-refractivity contribution is 5.09. The van der Waals surface area contributed by atoms with E-state index in [9.17, 15) is 0 Å². The van der Waals surface area contributed by atoms with Crippen molar-refractivity contribution in [2.24, 2.45) is 40.4 Å². The lowest BCUT2D eigenvalue weighted by Crippen LogP contribution is -2.57. The number of rotatable bonds is 2. The van der Waals surface area contributed by atoms with E-state index in [1.807, 2.05) is 0 Å². The second-order valence-corrected chi connectivity index (χ2v) is 11.6. The van der Waals surface area contributed by atoms with Gasteiger partial charge in [0.1, 0.15) is 0 Å². The summed E-state index contributed by atoms with van der Waals surface area (Å²) in [4.78, 5) is 2.84. The lowest BCUT2D eigenvalue weighted by Gasteiger charge is -2.62. The minimum atomic E-state index is 0.666. The van der Waals surface area contributed by atoms with Crippen molar-refractivity contribution in [3.05, 3.63) is 0 Å². The summed E-state index contributed by atoms with van der Waals surface area (Å²) in [5.41, 5.74) is 1.36. The van der Waals surface area contributed by atoms with Gasteiger partial charge in [-0.1, -0.05) is 27.2 Å². The molecule has 2 nitrogen and oxygen atoms in total. The molecule has 0 bridgehead atoms. The van der Waals surface area contributed by atoms with Crippen LogP contribution in [0.3, 0.4) is 0 Å². The molecule has 0 aromatic heterocycles. The van der Waals surface area contributed by atoms with Gasteiger partial charge in [0.2, 0.25) is 0 Å². The fourth-order valence-corrected chi connectivity index (χ4v) is 9.39. The number of hydrogen-bond donors (Lipinski definition) is 1. The molecular formula is C25H44N2. The maximum atomic E-state index is 3.55. The maximum Gasteiger partial charge on any atom is 0.0110 e. The smallest absolute Gasteiger partial charge is 0.0110 e. The summed E-state index contributed by atoms with van der Waals surface area (Å²) in [6.07, 6.45) is 15.2. The molecule has 5 fully saturated rings. The molecule has 0 spiro atoms. The largest absolute Gasteiger partial charge is 0.314 e. The van der Waals surface area contributed by atoms with Crippen LogP contribution >= 0.6 is 0 Å². The predicted molar refractivity (Wildman–Crippen MR) is 114 cm³/mol. The Hall–Kier alpha value is -0.0800. The zero-order valence-electron chi connectivity index (χ0n) is 18.3. The molecule has 4 aliphatic carbocycles. The van der Waals surface area contributed by atoms with Gasteiger partial charge < -0.3 is 5.32 Å². The van der Waals surface area contributed by atoms with Crippen molar-refractivity contribution < 1.29 is 0 Å². The number of nitrogens with one attached hydrogen (secondary N) is 1. The highest BCUT2D eigenvalue weighted by Crippen LogP contribution is 2.67. The number of fused-ring (bicyclic) bond motifs is 5. The second kappa shape index (κ2) is 7.01. The Morgan fingerprint density at radius 1 is 0.852 bits per heavy atom. The summed E-state index contributed by atoms with van der Waals surface area (Å²) in [5, 5.41) is 3.55. The Morgan fingerprint density at radius 3 is 2.37 bits per heavy atom.